The normalized spacial score (nSPS) is 14.9. The van der Waals surface area contributed by atoms with Crippen LogP contribution in [0, 0.1) is 18.6 Å². The highest BCUT2D eigenvalue weighted by Gasteiger charge is 2.19. The smallest absolute Gasteiger partial charge is 0.228 e. The molecule has 1 fully saturated rings. The Bertz CT molecular complexity index is 942. The Morgan fingerprint density at radius 1 is 1.00 bits per heavy atom. The van der Waals surface area contributed by atoms with Gasteiger partial charge in [0, 0.05) is 35.8 Å². The number of hydrogen-bond acceptors (Lipinski definition) is 5. The van der Waals surface area contributed by atoms with Crippen molar-refractivity contribution in [2.24, 2.45) is 0 Å². The molecule has 2 aromatic heterocycles. The van der Waals surface area contributed by atoms with Gasteiger partial charge < -0.3 is 9.64 Å². The Morgan fingerprint density at radius 3 is 2.56 bits per heavy atom. The molecule has 0 N–H and O–H groups in total. The zero-order chi connectivity index (χ0) is 17.4. The minimum Gasteiger partial charge on any atom is -0.378 e. The lowest BCUT2D eigenvalue weighted by Crippen LogP contribution is -2.37. The average Bonchev–Trinajstić information content (AvgIpc) is 2.61. The predicted molar refractivity (Wildman–Crippen MR) is 90.5 cm³/mol. The highest BCUT2D eigenvalue weighted by molar-refractivity contribution is 5.91. The number of rotatable bonds is 2. The number of hydrogen-bond donors (Lipinski definition) is 0. The maximum Gasteiger partial charge on any atom is 0.228 e. The van der Waals surface area contributed by atoms with E-state index < -0.39 is 11.6 Å². The third-order valence-electron chi connectivity index (χ3n) is 4.17. The first-order valence-corrected chi connectivity index (χ1v) is 8.05. The van der Waals surface area contributed by atoms with Gasteiger partial charge in [0.25, 0.3) is 0 Å². The molecular weight excluding hydrogens is 326 g/mol. The van der Waals surface area contributed by atoms with Gasteiger partial charge in [-0.15, -0.1) is 0 Å². The molecule has 0 atom stereocenters. The molecule has 3 aromatic rings. The van der Waals surface area contributed by atoms with Crippen LogP contribution in [0.4, 0.5) is 14.7 Å². The second-order valence-corrected chi connectivity index (χ2v) is 5.92. The van der Waals surface area contributed by atoms with Crippen molar-refractivity contribution in [1.82, 2.24) is 15.0 Å². The van der Waals surface area contributed by atoms with Crippen molar-refractivity contribution in [1.29, 1.82) is 0 Å². The molecule has 128 valence electrons. The van der Waals surface area contributed by atoms with Crippen LogP contribution in [-0.4, -0.2) is 41.3 Å². The number of aryl methyl sites for hydroxylation is 1. The number of morpholine rings is 1. The summed E-state index contributed by atoms with van der Waals surface area (Å²) in [5.41, 5.74) is 1.95. The van der Waals surface area contributed by atoms with Crippen molar-refractivity contribution in [3.63, 3.8) is 0 Å². The molecule has 7 heteroatoms. The van der Waals surface area contributed by atoms with E-state index in [-0.39, 0.29) is 5.56 Å². The SMILES string of the molecule is Cc1ccc2c(-c3ccc(F)cc3F)nc(N3CCOCC3)nc2n1. The molecule has 0 amide bonds. The van der Waals surface area contributed by atoms with Gasteiger partial charge in [0.05, 0.1) is 18.9 Å². The number of fused-ring (bicyclic) bond motifs is 1. The number of anilines is 1. The van der Waals surface area contributed by atoms with Gasteiger partial charge in [-0.2, -0.15) is 4.98 Å². The van der Waals surface area contributed by atoms with Gasteiger partial charge >= 0.3 is 0 Å². The van der Waals surface area contributed by atoms with E-state index in [1.54, 1.807) is 0 Å². The van der Waals surface area contributed by atoms with Crippen LogP contribution >= 0.6 is 0 Å². The molecule has 4 rings (SSSR count). The van der Waals surface area contributed by atoms with Crippen LogP contribution in [0.15, 0.2) is 30.3 Å². The lowest BCUT2D eigenvalue weighted by molar-refractivity contribution is 0.122. The summed E-state index contributed by atoms with van der Waals surface area (Å²) in [4.78, 5) is 15.6. The molecule has 1 aromatic carbocycles. The third-order valence-corrected chi connectivity index (χ3v) is 4.17. The van der Waals surface area contributed by atoms with Crippen LogP contribution < -0.4 is 4.90 Å². The monoisotopic (exact) mass is 342 g/mol. The average molecular weight is 342 g/mol. The molecule has 5 nitrogen and oxygen atoms in total. The minimum atomic E-state index is -0.659. The topological polar surface area (TPSA) is 51.1 Å². The highest BCUT2D eigenvalue weighted by Crippen LogP contribution is 2.30. The van der Waals surface area contributed by atoms with E-state index in [9.17, 15) is 8.78 Å². The molecule has 3 heterocycles. The van der Waals surface area contributed by atoms with Gasteiger partial charge in [-0.3, -0.25) is 0 Å². The fraction of sp³-hybridized carbons (Fsp3) is 0.278. The Labute approximate surface area is 143 Å². The van der Waals surface area contributed by atoms with Gasteiger partial charge in [-0.25, -0.2) is 18.7 Å². The van der Waals surface area contributed by atoms with Crippen LogP contribution in [0.3, 0.4) is 0 Å². The van der Waals surface area contributed by atoms with Crippen LogP contribution in [0.25, 0.3) is 22.3 Å². The highest BCUT2D eigenvalue weighted by atomic mass is 19.1. The molecule has 0 bridgehead atoms. The van der Waals surface area contributed by atoms with Crippen molar-refractivity contribution in [2.45, 2.75) is 6.92 Å². The Hall–Kier alpha value is -2.67. The number of pyridine rings is 1. The van der Waals surface area contributed by atoms with E-state index in [0.29, 0.717) is 49.0 Å². The number of halogens is 2. The molecule has 0 unspecified atom stereocenters. The summed E-state index contributed by atoms with van der Waals surface area (Å²) in [6, 6.07) is 7.13. The van der Waals surface area contributed by atoms with E-state index in [4.69, 9.17) is 4.74 Å². The minimum absolute atomic E-state index is 0.231. The second kappa shape index (κ2) is 6.33. The summed E-state index contributed by atoms with van der Waals surface area (Å²) in [7, 11) is 0. The summed E-state index contributed by atoms with van der Waals surface area (Å²) in [5, 5.41) is 0.633. The molecule has 0 aliphatic carbocycles. The second-order valence-electron chi connectivity index (χ2n) is 5.92. The van der Waals surface area contributed by atoms with Gasteiger partial charge in [-0.05, 0) is 31.2 Å². The summed E-state index contributed by atoms with van der Waals surface area (Å²) in [5.74, 6) is -0.803. The van der Waals surface area contributed by atoms with Crippen molar-refractivity contribution >= 4 is 17.0 Å². The maximum atomic E-state index is 14.4. The predicted octanol–water partition coefficient (Wildman–Crippen LogP) is 3.12. The summed E-state index contributed by atoms with van der Waals surface area (Å²) in [6.07, 6.45) is 0. The molecule has 0 saturated carbocycles. The maximum absolute atomic E-state index is 14.4. The molecule has 25 heavy (non-hydrogen) atoms. The molecule has 1 aliphatic rings. The number of benzene rings is 1. The van der Waals surface area contributed by atoms with E-state index >= 15 is 0 Å². The first kappa shape index (κ1) is 15.8. The van der Waals surface area contributed by atoms with Gasteiger partial charge in [0.1, 0.15) is 11.6 Å². The van der Waals surface area contributed by atoms with Crippen molar-refractivity contribution in [3.05, 3.63) is 47.7 Å². The Balaban J connectivity index is 1.94. The van der Waals surface area contributed by atoms with Crippen molar-refractivity contribution in [2.75, 3.05) is 31.2 Å². The lowest BCUT2D eigenvalue weighted by Gasteiger charge is -2.27. The van der Waals surface area contributed by atoms with Gasteiger partial charge in [0.15, 0.2) is 5.65 Å². The first-order valence-electron chi connectivity index (χ1n) is 8.05. The first-order chi connectivity index (χ1) is 12.1. The van der Waals surface area contributed by atoms with Crippen molar-refractivity contribution < 1.29 is 13.5 Å². The molecular formula is C18H16F2N4O. The summed E-state index contributed by atoms with van der Waals surface area (Å²) >= 11 is 0. The van der Waals surface area contributed by atoms with Crippen LogP contribution in [0.1, 0.15) is 5.69 Å². The third kappa shape index (κ3) is 3.02. The molecule has 1 aliphatic heterocycles. The molecule has 0 radical (unpaired) electrons. The summed E-state index contributed by atoms with van der Waals surface area (Å²) in [6.45, 7) is 4.35. The van der Waals surface area contributed by atoms with Gasteiger partial charge in [0.2, 0.25) is 5.95 Å². The van der Waals surface area contributed by atoms with E-state index in [1.807, 2.05) is 24.0 Å². The van der Waals surface area contributed by atoms with E-state index in [0.717, 1.165) is 11.8 Å². The Kier molecular flexibility index (Phi) is 4.01. The Morgan fingerprint density at radius 2 is 1.80 bits per heavy atom. The van der Waals surface area contributed by atoms with Gasteiger partial charge in [-0.1, -0.05) is 0 Å². The number of aromatic nitrogens is 3. The van der Waals surface area contributed by atoms with Crippen LogP contribution in [0.5, 0.6) is 0 Å². The summed E-state index contributed by atoms with van der Waals surface area (Å²) < 4.78 is 33.0. The lowest BCUT2D eigenvalue weighted by atomic mass is 10.1. The number of ether oxygens (including phenoxy) is 1. The molecule has 0 spiro atoms. The molecule has 1 saturated heterocycles. The fourth-order valence-electron chi connectivity index (χ4n) is 2.88. The largest absolute Gasteiger partial charge is 0.378 e. The fourth-order valence-corrected chi connectivity index (χ4v) is 2.88. The zero-order valence-corrected chi connectivity index (χ0v) is 13.7. The van der Waals surface area contributed by atoms with E-state index in [2.05, 4.69) is 15.0 Å². The number of nitrogens with zero attached hydrogens (tertiary/aromatic N) is 4. The standard InChI is InChI=1S/C18H16F2N4O/c1-11-2-4-14-16(13-5-3-12(19)10-15(13)20)22-18(23-17(14)21-11)24-6-8-25-9-7-24/h2-5,10H,6-9H2,1H3. The van der Waals surface area contributed by atoms with Crippen LogP contribution in [0.2, 0.25) is 0 Å². The van der Waals surface area contributed by atoms with Crippen LogP contribution in [-0.2, 0) is 4.74 Å². The van der Waals surface area contributed by atoms with E-state index in [1.165, 1.54) is 12.1 Å². The zero-order valence-electron chi connectivity index (χ0n) is 13.7. The quantitative estimate of drug-likeness (QED) is 0.716. The van der Waals surface area contributed by atoms with Crippen molar-refractivity contribution in [3.8, 4) is 11.3 Å².